The zero-order valence-electron chi connectivity index (χ0n) is 34.1. The van der Waals surface area contributed by atoms with E-state index in [4.69, 9.17) is 0 Å². The van der Waals surface area contributed by atoms with Crippen molar-refractivity contribution in [2.24, 2.45) is 20.5 Å². The zero-order chi connectivity index (χ0) is 44.0. The predicted molar refractivity (Wildman–Crippen MR) is 219 cm³/mol. The Hall–Kier alpha value is -3.30. The van der Waals surface area contributed by atoms with Crippen molar-refractivity contribution < 1.29 is 187 Å². The summed E-state index contributed by atoms with van der Waals surface area (Å²) in [5.74, 6) is -3.28. The number of benzene rings is 7. The first-order chi connectivity index (χ1) is 28.7. The van der Waals surface area contributed by atoms with Gasteiger partial charge >= 0.3 is 88.7 Å². The van der Waals surface area contributed by atoms with Gasteiger partial charge in [-0.3, -0.25) is 18.5 Å². The Morgan fingerprint density at radius 2 is 0.970 bits per heavy atom. The molecule has 0 saturated heterocycles. The Morgan fingerprint density at radius 1 is 0.485 bits per heavy atom. The van der Waals surface area contributed by atoms with E-state index in [0.717, 1.165) is 30.3 Å². The van der Waals surface area contributed by atoms with E-state index >= 15 is 0 Å². The van der Waals surface area contributed by atoms with Crippen LogP contribution in [0.4, 0.5) is 28.4 Å². The second-order valence-corrected chi connectivity index (χ2v) is 17.2. The van der Waals surface area contributed by atoms with Gasteiger partial charge in [0.05, 0.1) is 0 Å². The van der Waals surface area contributed by atoms with E-state index in [2.05, 4.69) is 25.8 Å². The number of nitrogens with zero attached hydrogens (tertiary/aromatic N) is 4. The molecule has 0 aliphatic heterocycles. The van der Waals surface area contributed by atoms with Gasteiger partial charge in [-0.15, -0.1) is 20.5 Å². The first-order valence-corrected chi connectivity index (χ1v) is 21.4. The van der Waals surface area contributed by atoms with Gasteiger partial charge < -0.3 is 25.7 Å². The second-order valence-electron chi connectivity index (χ2n) is 13.0. The Balaban J connectivity index is 0.00000299. The van der Waals surface area contributed by atoms with Crippen LogP contribution in [0.5, 0.6) is 23.0 Å². The van der Waals surface area contributed by atoms with Gasteiger partial charge in [-0.05, 0) is 94.7 Å². The summed E-state index contributed by atoms with van der Waals surface area (Å²) in [5, 5.41) is 60.9. The fraction of sp³-hybridized carbons (Fsp3) is 0. The van der Waals surface area contributed by atoms with Crippen molar-refractivity contribution in [3.8, 4) is 34.1 Å². The van der Waals surface area contributed by atoms with Crippen molar-refractivity contribution in [1.82, 2.24) is 0 Å². The molecule has 332 valence electrons. The average Bonchev–Trinajstić information content (AvgIpc) is 3.19. The number of anilines is 1. The summed E-state index contributed by atoms with van der Waals surface area (Å²) in [7, 11) is -15.1. The van der Waals surface area contributed by atoms with E-state index in [1.165, 1.54) is 54.6 Å². The molecular weight excluding hydrogens is 1050 g/mol. The molecule has 7 rings (SSSR count). The van der Waals surface area contributed by atoms with Crippen LogP contribution in [-0.4, -0.2) is 65.2 Å². The molecule has 0 bridgehead atoms. The third-order valence-corrected chi connectivity index (χ3v) is 11.6. The number of carbonyl (C=O) groups is 1. The molecule has 1 amide bonds. The second kappa shape index (κ2) is 23.3. The average molecular weight is 1080 g/mol. The monoisotopic (exact) mass is 1080 g/mol. The van der Waals surface area contributed by atoms with Gasteiger partial charge in [0.2, 0.25) is 0 Å². The number of aromatic hydroxyl groups is 4. The van der Waals surface area contributed by atoms with Crippen LogP contribution in [0.3, 0.4) is 0 Å². The molecule has 0 atom stereocenters. The molecule has 0 aliphatic rings. The number of hydrogen-bond acceptors (Lipinski definition) is 15. The summed E-state index contributed by atoms with van der Waals surface area (Å²) < 4.78 is 103. The molecule has 19 nitrogen and oxygen atoms in total. The number of azo groups is 2. The van der Waals surface area contributed by atoms with Gasteiger partial charge in [0.15, 0.2) is 11.5 Å². The summed E-state index contributed by atoms with van der Waals surface area (Å²) >= 11 is 0. The van der Waals surface area contributed by atoms with E-state index in [0.29, 0.717) is 5.56 Å². The maximum absolute atomic E-state index is 12.6. The van der Waals surface area contributed by atoms with Crippen LogP contribution in [0, 0.1) is 0 Å². The Bertz CT molecular complexity index is 3410. The number of nitrogens with one attached hydrogen (secondary N) is 1. The van der Waals surface area contributed by atoms with E-state index in [1.54, 1.807) is 30.3 Å². The van der Waals surface area contributed by atoms with E-state index in [1.807, 2.05) is 0 Å². The minimum absolute atomic E-state index is 0. The summed E-state index contributed by atoms with van der Waals surface area (Å²) in [6.45, 7) is 0. The first kappa shape index (κ1) is 58.8. The predicted octanol–water partition coefficient (Wildman–Crippen LogP) is -0.687. The molecule has 0 unspecified atom stereocenters. The van der Waals surface area contributed by atoms with Gasteiger partial charge in [0.25, 0.3) is 36.3 Å². The topological polar surface area (TPSA) is 323 Å². The van der Waals surface area contributed by atoms with Gasteiger partial charge in [0, 0.05) is 56.2 Å². The minimum Gasteiger partial charge on any atom is -0.506 e. The minimum atomic E-state index is -5.10. The molecule has 27 heteroatoms. The van der Waals surface area contributed by atoms with E-state index < -0.39 is 90.7 Å². The summed E-state index contributed by atoms with van der Waals surface area (Å²) in [6.07, 6.45) is 0. The smallest absolute Gasteiger partial charge is 0.506 e. The van der Waals surface area contributed by atoms with Crippen molar-refractivity contribution in [2.45, 2.75) is 14.7 Å². The van der Waals surface area contributed by atoms with Crippen LogP contribution in [0.25, 0.3) is 32.7 Å². The number of fused-ring (bicyclic) bond motifs is 2. The van der Waals surface area contributed by atoms with Crippen LogP contribution in [0.15, 0.2) is 150 Å². The first-order valence-electron chi connectivity index (χ1n) is 17.1. The quantitative estimate of drug-likeness (QED) is 0.0478. The third kappa shape index (κ3) is 12.9. The molecule has 8 N–H and O–H groups in total. The Labute approximate surface area is 462 Å². The summed E-state index contributed by atoms with van der Waals surface area (Å²) in [5.41, 5.74) is -0.950. The van der Waals surface area contributed by atoms with Crippen molar-refractivity contribution in [3.05, 3.63) is 121 Å². The molecule has 0 saturated carbocycles. The SMILES string of the molecule is O=C(Nc1ccc2c(O)c(N=Nc3ccc(-c4ccc(N=Nc5c(S(=O)(=O)O)cc6cccc(S(=O)(=O)O)c6c5O)c(O)c4)cc3O)c(S(=O)(=O)O)cc2c1)c1ccccc1.[Cu].[Cu].[Na+].[Na+].[Na+]. The fourth-order valence-corrected chi connectivity index (χ4v) is 8.21. The van der Waals surface area contributed by atoms with Crippen LogP contribution >= 0.6 is 0 Å². The van der Waals surface area contributed by atoms with Gasteiger partial charge in [-0.25, -0.2) is 0 Å². The molecule has 7 aromatic carbocycles. The van der Waals surface area contributed by atoms with Crippen molar-refractivity contribution in [2.75, 3.05) is 5.32 Å². The van der Waals surface area contributed by atoms with E-state index in [9.17, 15) is 64.1 Å². The molecule has 0 spiro atoms. The van der Waals surface area contributed by atoms with Crippen LogP contribution in [0.1, 0.15) is 10.4 Å². The largest absolute Gasteiger partial charge is 1.00 e. The number of hydrogen-bond donors (Lipinski definition) is 8. The molecular formula is C39H27Cu2N5Na3O14S3+3. The maximum atomic E-state index is 12.6. The molecule has 0 heterocycles. The molecule has 0 aromatic heterocycles. The normalized spacial score (nSPS) is 11.5. The van der Waals surface area contributed by atoms with Crippen LogP contribution in [0.2, 0.25) is 0 Å². The molecule has 66 heavy (non-hydrogen) atoms. The number of rotatable bonds is 10. The van der Waals surface area contributed by atoms with Gasteiger partial charge in [-0.2, -0.15) is 25.3 Å². The van der Waals surface area contributed by atoms with E-state index in [-0.39, 0.29) is 167 Å². The maximum Gasteiger partial charge on any atom is 1.00 e. The van der Waals surface area contributed by atoms with Crippen LogP contribution in [-0.2, 0) is 64.5 Å². The zero-order valence-corrected chi connectivity index (χ0v) is 44.4. The number of amides is 1. The fourth-order valence-electron chi connectivity index (χ4n) is 6.17. The summed E-state index contributed by atoms with van der Waals surface area (Å²) in [4.78, 5) is 10.0. The number of carbonyl (C=O) groups excluding carboxylic acids is 1. The molecule has 0 aliphatic carbocycles. The van der Waals surface area contributed by atoms with Crippen LogP contribution < -0.4 is 94.0 Å². The number of phenols is 4. The number of phenolic OH excluding ortho intramolecular Hbond substituents is 4. The standard InChI is InChI=1S/C39H27N5O14S3.2Cu.3Na/c45-29-16-21(22-10-14-28(30(46)17-22)42-44-36-32(60(53,54)55)18-23-7-4-8-31(59(50,51)52)34(23)38(36)48)9-13-27(29)41-43-35-33(61(56,57)58)19-24-15-25(11-12-26(24)37(35)47)40-39(49)20-5-2-1-3-6-20;;;;;/h1-19,45-48H,(H,40,49)(H,50,51,52)(H,53,54,55)(H,56,57,58);;;;;/q;;;3*+1. The van der Waals surface area contributed by atoms with Gasteiger partial charge in [0.1, 0.15) is 48.9 Å². The summed E-state index contributed by atoms with van der Waals surface area (Å²) in [6, 6.07) is 25.2. The Kier molecular flexibility index (Phi) is 20.8. The molecule has 2 radical (unpaired) electrons. The Morgan fingerprint density at radius 3 is 1.45 bits per heavy atom. The van der Waals surface area contributed by atoms with Crippen molar-refractivity contribution in [3.63, 3.8) is 0 Å². The molecule has 0 fully saturated rings. The molecule has 7 aromatic rings. The van der Waals surface area contributed by atoms with Crippen molar-refractivity contribution >= 4 is 86.2 Å². The van der Waals surface area contributed by atoms with Crippen molar-refractivity contribution in [1.29, 1.82) is 0 Å². The third-order valence-electron chi connectivity index (χ3n) is 9.02. The van der Waals surface area contributed by atoms with Gasteiger partial charge in [-0.1, -0.05) is 42.5 Å².